The summed E-state index contributed by atoms with van der Waals surface area (Å²) in [6.07, 6.45) is 6.10. The third-order valence-corrected chi connectivity index (χ3v) is 13.0. The van der Waals surface area contributed by atoms with Crippen molar-refractivity contribution in [2.75, 3.05) is 7.11 Å². The summed E-state index contributed by atoms with van der Waals surface area (Å²) in [4.78, 5) is 23.0. The molecular formula is C54H27F33Ir5N7O-5. The Morgan fingerprint density at radius 3 is 0.890 bits per heavy atom. The van der Waals surface area contributed by atoms with E-state index in [4.69, 9.17) is 0 Å². The molecule has 8 nitrogen and oxygen atoms in total. The van der Waals surface area contributed by atoms with Gasteiger partial charge >= 0.3 is 65.4 Å². The van der Waals surface area contributed by atoms with Gasteiger partial charge in [0.25, 0.3) is 29.6 Å². The van der Waals surface area contributed by atoms with Crippen molar-refractivity contribution in [1.29, 1.82) is 0 Å². The Labute approximate surface area is 605 Å². The maximum Gasteiger partial charge on any atom is 0.415 e. The molecule has 5 aromatic heterocycles. The molecule has 0 saturated carbocycles. The summed E-state index contributed by atoms with van der Waals surface area (Å²) in [6.45, 7) is 5.29. The molecule has 5 aliphatic rings. The SMILES string of the molecule is CC(C)(C)c1ccnc(C2=[C-]C(F)(F)C(F)(F)C2(F)F)c1.COc1ccnc(C2=[C-]C(F)(F)C(F)(F)C2(F)F)c1.FC(F)(F)c1ccnc(C2=[C-]C(F)(F)C(F)(F)C2(F)F)c1.FC1(F)[C-]=C(c2cnccn2)C(F)(F)C1(F)F.FC1(F)[C-]=C(c2ncccn2)C(F)(F)C1(F)F.[Ir].[Ir].[Ir].[Ir].[Ir]. The summed E-state index contributed by atoms with van der Waals surface area (Å²) in [6, 6.07) is 6.32. The summed E-state index contributed by atoms with van der Waals surface area (Å²) in [5, 5.41) is 0. The van der Waals surface area contributed by atoms with Gasteiger partial charge in [-0.25, -0.2) is 43.9 Å². The van der Waals surface area contributed by atoms with Crippen LogP contribution in [0.4, 0.5) is 145 Å². The van der Waals surface area contributed by atoms with Crippen LogP contribution in [0.1, 0.15) is 60.5 Å². The van der Waals surface area contributed by atoms with Crippen LogP contribution in [0.5, 0.6) is 5.75 Å². The van der Waals surface area contributed by atoms with E-state index in [0.717, 1.165) is 73.6 Å². The summed E-state index contributed by atoms with van der Waals surface area (Å²) in [5.74, 6) is -79.9. The van der Waals surface area contributed by atoms with Crippen molar-refractivity contribution >= 4 is 27.9 Å². The minimum atomic E-state index is -5.80. The number of nitrogens with zero attached hydrogens (tertiary/aromatic N) is 7. The van der Waals surface area contributed by atoms with Gasteiger partial charge in [0.05, 0.1) is 7.11 Å². The van der Waals surface area contributed by atoms with E-state index in [9.17, 15) is 145 Å². The number of hydrogen-bond acceptors (Lipinski definition) is 8. The molecule has 100 heavy (non-hydrogen) atoms. The fourth-order valence-corrected chi connectivity index (χ4v) is 7.75. The van der Waals surface area contributed by atoms with Gasteiger partial charge in [-0.2, -0.15) is 131 Å². The Kier molecular flexibility index (Phi) is 28.2. The van der Waals surface area contributed by atoms with E-state index in [-0.39, 0.29) is 112 Å². The maximum absolute atomic E-state index is 13.6. The number of allylic oxidation sites excluding steroid dienone is 10. The number of rotatable bonds is 6. The second kappa shape index (κ2) is 30.3. The van der Waals surface area contributed by atoms with Gasteiger partial charge < -0.3 is 34.6 Å². The molecule has 0 unspecified atom stereocenters. The minimum absolute atomic E-state index is 0. The third kappa shape index (κ3) is 16.3. The Morgan fingerprint density at radius 2 is 0.610 bits per heavy atom. The Bertz CT molecular complexity index is 3650. The zero-order valence-corrected chi connectivity index (χ0v) is 59.8. The Morgan fingerprint density at radius 1 is 0.330 bits per heavy atom. The van der Waals surface area contributed by atoms with Crippen molar-refractivity contribution in [3.8, 4) is 5.75 Å². The minimum Gasteiger partial charge on any atom is -0.498 e. The molecule has 5 heterocycles. The molecule has 5 radical (unpaired) electrons. The fraction of sp³-hybridized carbons (Fsp3) is 0.389. The molecule has 0 aromatic carbocycles. The van der Waals surface area contributed by atoms with Gasteiger partial charge in [0.1, 0.15) is 5.75 Å². The maximum atomic E-state index is 13.6. The van der Waals surface area contributed by atoms with E-state index in [0.29, 0.717) is 30.1 Å². The van der Waals surface area contributed by atoms with Crippen molar-refractivity contribution in [3.63, 3.8) is 0 Å². The molecule has 46 heteroatoms. The zero-order valence-electron chi connectivity index (χ0n) is 47.8. The summed E-state index contributed by atoms with van der Waals surface area (Å²) >= 11 is 0. The molecule has 0 bridgehead atoms. The summed E-state index contributed by atoms with van der Waals surface area (Å²) in [5.41, 5.74) is -13.5. The van der Waals surface area contributed by atoms with Crippen LogP contribution in [0.15, 0.2) is 92.0 Å². The number of hydrogen-bond donors (Lipinski definition) is 0. The van der Waals surface area contributed by atoms with Crippen LogP contribution in [0, 0.1) is 30.4 Å². The Balaban J connectivity index is 0.000000619. The first-order valence-electron chi connectivity index (χ1n) is 24.6. The standard InChI is InChI=1S/C14H12F6N.C11H3F9N.C11H6F6NO.2C9H3F6N2.5Ir/c1-11(2,3)8-4-5-21-10(6-8)9-7-12(15,16)14(19,20)13(9,17)18;12-8(13)4-6(9(14,15)11(8,19)20)7-3-5(1-2-21-7)10(16,17)18;1-19-6-2-3-18-8(4-6)7-5-9(12,13)11(16,17)10(7,14)15;10-7(11)3-5(6-4-16-1-2-17-6)8(12,13)9(7,14)15;10-7(11)4-5(6-16-2-1-3-17-6)8(12,13)9(7,14)15;;;;;/h4-6H,1-3H3;1-3H;2-4H,1H3;1-2,4H;1-3H;;;;;/q5*-1;;;;;. The van der Waals surface area contributed by atoms with Crippen molar-refractivity contribution < 1.29 is 250 Å². The molecule has 5 aliphatic carbocycles. The van der Waals surface area contributed by atoms with Crippen LogP contribution >= 0.6 is 0 Å². The molecule has 0 spiro atoms. The number of halogens is 33. The van der Waals surface area contributed by atoms with E-state index in [1.807, 2.05) is 0 Å². The van der Waals surface area contributed by atoms with Gasteiger partial charge in [-0.15, -0.1) is 34.4 Å². The number of alkyl halides is 33. The topological polar surface area (TPSA) is 99.5 Å². The molecule has 0 N–H and O–H groups in total. The van der Waals surface area contributed by atoms with Gasteiger partial charge in [-0.3, -0.25) is 4.98 Å². The van der Waals surface area contributed by atoms with E-state index in [1.165, 1.54) is 25.3 Å². The van der Waals surface area contributed by atoms with Crippen molar-refractivity contribution in [1.82, 2.24) is 34.9 Å². The molecule has 565 valence electrons. The second-order valence-electron chi connectivity index (χ2n) is 20.5. The van der Waals surface area contributed by atoms with E-state index in [1.54, 1.807) is 20.8 Å². The van der Waals surface area contributed by atoms with Crippen molar-refractivity contribution in [2.24, 2.45) is 0 Å². The van der Waals surface area contributed by atoms with Gasteiger partial charge in [-0.05, 0) is 35.9 Å². The van der Waals surface area contributed by atoms with Gasteiger partial charge in [0.15, 0.2) is 0 Å². The molecular weight excluding hydrogens is 2350 g/mol. The first-order valence-corrected chi connectivity index (χ1v) is 24.6. The molecule has 0 saturated heterocycles. The Hall–Kier alpha value is -4.95. The van der Waals surface area contributed by atoms with Crippen LogP contribution in [-0.4, -0.2) is 131 Å². The predicted molar refractivity (Wildman–Crippen MR) is 254 cm³/mol. The smallest absolute Gasteiger partial charge is 0.415 e. The van der Waals surface area contributed by atoms with Gasteiger partial charge in [0.2, 0.25) is 0 Å². The van der Waals surface area contributed by atoms with Gasteiger partial charge in [-0.1, -0.05) is 60.7 Å². The van der Waals surface area contributed by atoms with E-state index >= 15 is 0 Å². The largest absolute Gasteiger partial charge is 0.498 e. The monoisotopic (exact) mass is 2380 g/mol. The number of methoxy groups -OCH3 is 1. The first kappa shape index (κ1) is 93.1. The first-order chi connectivity index (χ1) is 42.6. The predicted octanol–water partition coefficient (Wildman–Crippen LogP) is 17.0. The van der Waals surface area contributed by atoms with Crippen LogP contribution in [0.25, 0.3) is 27.9 Å². The number of ether oxygens (including phenoxy) is 1. The molecule has 0 fully saturated rings. The summed E-state index contributed by atoms with van der Waals surface area (Å²) in [7, 11) is 1.20. The van der Waals surface area contributed by atoms with Crippen LogP contribution in [-0.2, 0) is 112 Å². The molecule has 0 atom stereocenters. The van der Waals surface area contributed by atoms with E-state index in [2.05, 4.69) is 39.6 Å². The number of aromatic nitrogens is 7. The van der Waals surface area contributed by atoms with Crippen LogP contribution < -0.4 is 4.74 Å². The molecule has 0 aliphatic heterocycles. The second-order valence-corrected chi connectivity index (χ2v) is 20.5. The average Bonchev–Trinajstić information content (AvgIpc) is 1.60. The van der Waals surface area contributed by atoms with Crippen molar-refractivity contribution in [3.05, 3.63) is 162 Å². The van der Waals surface area contributed by atoms with Crippen LogP contribution in [0.2, 0.25) is 0 Å². The van der Waals surface area contributed by atoms with Crippen molar-refractivity contribution in [2.45, 2.75) is 121 Å². The van der Waals surface area contributed by atoms with E-state index < -0.39 is 162 Å². The average molecular weight is 2380 g/mol. The quantitative estimate of drug-likeness (QED) is 0.122. The fourth-order valence-electron chi connectivity index (χ4n) is 7.75. The molecule has 10 rings (SSSR count). The van der Waals surface area contributed by atoms with Gasteiger partial charge in [0, 0.05) is 155 Å². The summed E-state index contributed by atoms with van der Waals surface area (Å²) < 4.78 is 433. The normalized spacial score (nSPS) is 22.4. The molecule has 0 amide bonds. The zero-order chi connectivity index (χ0) is 72.8. The van der Waals surface area contributed by atoms with Crippen LogP contribution in [0.3, 0.4) is 0 Å². The third-order valence-electron chi connectivity index (χ3n) is 13.0. The number of pyridine rings is 3. The molecule has 5 aromatic rings.